The van der Waals surface area contributed by atoms with Gasteiger partial charge in [0.2, 0.25) is 0 Å². The Kier molecular flexibility index (Phi) is 27.2. The Morgan fingerprint density at radius 1 is 0.494 bits per heavy atom. The zero-order valence-electron chi connectivity index (χ0n) is 55.4. The Hall–Kier alpha value is -0.100. The lowest BCUT2D eigenvalue weighted by molar-refractivity contribution is -0.870. The van der Waals surface area contributed by atoms with Crippen molar-refractivity contribution in [1.82, 2.24) is 0 Å². The highest BCUT2D eigenvalue weighted by Gasteiger charge is 2.68. The van der Waals surface area contributed by atoms with E-state index >= 15 is 0 Å². The second-order valence-corrected chi connectivity index (χ2v) is 34.1. The maximum atomic E-state index is 12.6. The van der Waals surface area contributed by atoms with Crippen molar-refractivity contribution in [2.24, 2.45) is 92.7 Å². The molecule has 500 valence electrons. The maximum Gasteiger partial charge on any atom is 0.268 e. The van der Waals surface area contributed by atoms with Crippen molar-refractivity contribution >= 4 is 15.6 Å². The second-order valence-electron chi connectivity index (χ2n) is 31.3. The summed E-state index contributed by atoms with van der Waals surface area (Å²) in [4.78, 5) is 25.1. The Morgan fingerprint density at radius 2 is 0.859 bits per heavy atom. The molecule has 0 saturated heterocycles. The van der Waals surface area contributed by atoms with E-state index in [2.05, 4.69) is 55.4 Å². The molecule has 8 aliphatic carbocycles. The van der Waals surface area contributed by atoms with E-state index in [4.69, 9.17) is 37.0 Å². The third-order valence-electron chi connectivity index (χ3n) is 24.5. The van der Waals surface area contributed by atoms with Gasteiger partial charge in [0.15, 0.2) is 0 Å². The van der Waals surface area contributed by atoms with Crippen LogP contribution in [0.2, 0.25) is 0 Å². The first-order valence-corrected chi connectivity index (χ1v) is 36.9. The molecule has 0 radical (unpaired) electrons. The van der Waals surface area contributed by atoms with Crippen molar-refractivity contribution in [3.05, 3.63) is 0 Å². The van der Waals surface area contributed by atoms with Crippen LogP contribution < -0.4 is 9.79 Å². The number of hydrogen-bond donors (Lipinski definition) is 2. The third-order valence-corrected chi connectivity index (χ3v) is 26.5. The number of aliphatic hydroxyl groups excluding tert-OH is 2. The number of fused-ring (bicyclic) bond motifs is 10. The molecule has 2 unspecified atom stereocenters. The van der Waals surface area contributed by atoms with Gasteiger partial charge in [-0.1, -0.05) is 114 Å². The highest BCUT2D eigenvalue weighted by Crippen LogP contribution is 2.71. The summed E-state index contributed by atoms with van der Waals surface area (Å²) in [6.07, 6.45) is 24.6. The van der Waals surface area contributed by atoms with Gasteiger partial charge in [0.05, 0.1) is 120 Å². The smallest absolute Gasteiger partial charge is 0.268 e. The van der Waals surface area contributed by atoms with Crippen molar-refractivity contribution in [1.29, 1.82) is 0 Å². The zero-order chi connectivity index (χ0) is 61.5. The van der Waals surface area contributed by atoms with Crippen LogP contribution in [0.1, 0.15) is 191 Å². The molecule has 8 rings (SSSR count). The summed E-state index contributed by atoms with van der Waals surface area (Å²) in [5.41, 5.74) is 0.596. The molecule has 8 aliphatic rings. The molecule has 8 saturated carbocycles. The summed E-state index contributed by atoms with van der Waals surface area (Å²) in [5.74, 6) is 6.60. The largest absolute Gasteiger partial charge is 0.756 e. The van der Waals surface area contributed by atoms with E-state index in [0.29, 0.717) is 106 Å². The van der Waals surface area contributed by atoms with Gasteiger partial charge in [-0.3, -0.25) is 9.13 Å². The lowest BCUT2D eigenvalue weighted by Crippen LogP contribution is -2.62. The number of phosphoric ester groups is 2. The average Bonchev–Trinajstić information content (AvgIpc) is 1.72. The van der Waals surface area contributed by atoms with E-state index < -0.39 is 15.6 Å². The predicted octanol–water partition coefficient (Wildman–Crippen LogP) is 12.0. The van der Waals surface area contributed by atoms with Gasteiger partial charge in [0, 0.05) is 10.8 Å². The van der Waals surface area contributed by atoms with Crippen molar-refractivity contribution in [2.45, 2.75) is 216 Å². The number of nitrogens with zero attached hydrogens (tertiary/aromatic N) is 2. The number of aliphatic hydroxyl groups is 2. The van der Waals surface area contributed by atoms with Crippen LogP contribution in [-0.2, 0) is 46.2 Å². The van der Waals surface area contributed by atoms with Crippen LogP contribution in [0.4, 0.5) is 0 Å². The summed E-state index contributed by atoms with van der Waals surface area (Å²) in [6.45, 7) is 22.2. The maximum absolute atomic E-state index is 12.6. The van der Waals surface area contributed by atoms with Crippen molar-refractivity contribution < 1.29 is 75.1 Å². The number of rotatable bonds is 30. The molecule has 0 bridgehead atoms. The summed E-state index contributed by atoms with van der Waals surface area (Å²) in [7, 11) is 3.04. The van der Waals surface area contributed by atoms with Crippen LogP contribution in [0, 0.1) is 92.7 Å². The molecule has 0 spiro atoms. The number of phosphoric acid groups is 2. The van der Waals surface area contributed by atoms with E-state index in [9.17, 15) is 29.1 Å². The van der Waals surface area contributed by atoms with Gasteiger partial charge >= 0.3 is 0 Å². The summed E-state index contributed by atoms with van der Waals surface area (Å²) < 4.78 is 73.7. The summed E-state index contributed by atoms with van der Waals surface area (Å²) >= 11 is 0. The Labute approximate surface area is 518 Å². The Morgan fingerprint density at radius 3 is 1.25 bits per heavy atom. The van der Waals surface area contributed by atoms with Gasteiger partial charge in [0.1, 0.15) is 26.3 Å². The Balaban J connectivity index is 0.000000299. The number of likely N-dealkylation sites (N-methyl/N-ethyl adjacent to an activating group) is 2. The fourth-order valence-electron chi connectivity index (χ4n) is 20.4. The molecule has 22 atom stereocenters. The van der Waals surface area contributed by atoms with E-state index in [1.54, 1.807) is 0 Å². The molecule has 0 aromatic carbocycles. The highest BCUT2D eigenvalue weighted by molar-refractivity contribution is 7.46. The highest BCUT2D eigenvalue weighted by atomic mass is 31.2. The van der Waals surface area contributed by atoms with Crippen LogP contribution in [0.5, 0.6) is 0 Å². The van der Waals surface area contributed by atoms with Gasteiger partial charge in [0.25, 0.3) is 15.6 Å². The van der Waals surface area contributed by atoms with Crippen molar-refractivity contribution in [3.63, 3.8) is 0 Å². The lowest BCUT2D eigenvalue weighted by atomic mass is 9.43. The molecular weight excluding hydrogens is 1120 g/mol. The molecule has 85 heavy (non-hydrogen) atoms. The molecule has 16 nitrogen and oxygen atoms in total. The summed E-state index contributed by atoms with van der Waals surface area (Å²) in [6, 6.07) is 0. The number of hydrogen-bond acceptors (Lipinski definition) is 14. The Bertz CT molecular complexity index is 2110. The predicted molar refractivity (Wildman–Crippen MR) is 334 cm³/mol. The topological polar surface area (TPSA) is 195 Å². The van der Waals surface area contributed by atoms with Crippen LogP contribution >= 0.6 is 15.6 Å². The van der Waals surface area contributed by atoms with Crippen LogP contribution in [0.15, 0.2) is 0 Å². The first-order chi connectivity index (χ1) is 39.5. The van der Waals surface area contributed by atoms with Gasteiger partial charge in [-0.25, -0.2) is 0 Å². The van der Waals surface area contributed by atoms with E-state index in [1.807, 2.05) is 42.3 Å². The second kappa shape index (κ2) is 31.2. The molecule has 18 heteroatoms. The monoisotopic (exact) mass is 1250 g/mol. The number of ether oxygens (including phenoxy) is 4. The fraction of sp³-hybridized carbons (Fsp3) is 1.00. The van der Waals surface area contributed by atoms with E-state index in [0.717, 1.165) is 50.9 Å². The standard InChI is InChI=1S/C38H74N2O10P2.C28H50O4.CH4/c1-11-14-29(2)31-16-17-32-36-33(28-35(38(31,32)4)46-24-26-50-52(43,44)48-22-20-40(8,9)10)37(3)18-13-12-15-30(37)27-34(36)45-23-25-49-51(41,42)47-21-19-39(5,6)7;1-5-8-19(2)21-10-11-22-26-23(18-25(28(21,22)4)32-16-14-30)27(3)12-7-6-9-20(27)17-24(26)31-15-13-29;/h29-36H,11-28H2,1-10H3;19-26,29-30H,5-18H2,1-4H3;1H4/t29-,30+,31-,32+,33+,34-,35+,36+,37+,38-;19-,20+,21-,22+,23+,24-,25+,26+,27+,28-;/m11./s1. The summed E-state index contributed by atoms with van der Waals surface area (Å²) in [5, 5.41) is 19.2. The first-order valence-electron chi connectivity index (χ1n) is 34.0. The van der Waals surface area contributed by atoms with Crippen LogP contribution in [-0.4, -0.2) is 165 Å². The van der Waals surface area contributed by atoms with Crippen molar-refractivity contribution in [2.75, 3.05) is 121 Å². The van der Waals surface area contributed by atoms with Gasteiger partial charge in [-0.15, -0.1) is 0 Å². The molecular formula is C67H128N2O14P2. The minimum atomic E-state index is -4.44. The first kappa shape index (κ1) is 73.9. The molecule has 0 aromatic heterocycles. The van der Waals surface area contributed by atoms with Crippen LogP contribution in [0.25, 0.3) is 0 Å². The van der Waals surface area contributed by atoms with Gasteiger partial charge in [-0.05, 0) is 159 Å². The van der Waals surface area contributed by atoms with Crippen molar-refractivity contribution in [3.8, 4) is 0 Å². The van der Waals surface area contributed by atoms with Gasteiger partial charge < -0.3 is 66.0 Å². The molecule has 8 fully saturated rings. The fourth-order valence-corrected chi connectivity index (χ4v) is 21.8. The van der Waals surface area contributed by atoms with E-state index in [-0.39, 0.29) is 101 Å². The normalized spacial score (nSPS) is 40.1. The average molecular weight is 1250 g/mol. The van der Waals surface area contributed by atoms with Gasteiger partial charge in [-0.2, -0.15) is 0 Å². The molecule has 0 heterocycles. The quantitative estimate of drug-likeness (QED) is 0.0392. The van der Waals surface area contributed by atoms with Crippen LogP contribution in [0.3, 0.4) is 0 Å². The van der Waals surface area contributed by atoms with E-state index in [1.165, 1.54) is 83.5 Å². The lowest BCUT2D eigenvalue weighted by Gasteiger charge is -2.64. The minimum absolute atomic E-state index is 0. The SMILES string of the molecule is C.CCC[C@@H](C)[C@H]1CC[C@H]2[C@@H]3[C@H](OCCO)C[C@@H]4CCCC[C@]4(C)[C@H]3C[C@H](OCCO)[C@]12C.CCC[C@@H](C)[C@H]1CC[C@H]2[C@@H]3[C@H](OCCOP(=O)([O-])OCC[N+](C)(C)C)C[C@@H]4CCCC[C@]4(C)[C@H]3C[C@H](OCCOP(=O)([O-])OCC[N+](C)(C)C)[C@]12C. The number of quaternary nitrogens is 2. The third kappa shape index (κ3) is 17.4. The molecule has 0 aromatic rings. The molecule has 2 N–H and O–H groups in total. The molecule has 0 aliphatic heterocycles. The minimum Gasteiger partial charge on any atom is -0.756 e. The zero-order valence-corrected chi connectivity index (χ0v) is 57.2. The molecule has 0 amide bonds.